The summed E-state index contributed by atoms with van der Waals surface area (Å²) in [4.78, 5) is 85.1. The van der Waals surface area contributed by atoms with Crippen LogP contribution in [0, 0.1) is 18.8 Å². The van der Waals surface area contributed by atoms with Gasteiger partial charge in [0.15, 0.2) is 17.7 Å². The van der Waals surface area contributed by atoms with E-state index in [0.29, 0.717) is 71.0 Å². The topological polar surface area (TPSA) is 331 Å². The highest BCUT2D eigenvalue weighted by atomic mass is 16.5. The highest BCUT2D eigenvalue weighted by Gasteiger charge is 2.34. The van der Waals surface area contributed by atoms with Crippen molar-refractivity contribution < 1.29 is 38.2 Å². The molecule has 60 heavy (non-hydrogen) atoms. The second kappa shape index (κ2) is 28.8. The molecule has 4 atom stereocenters. The summed E-state index contributed by atoms with van der Waals surface area (Å²) >= 11 is 0. The number of hydrogen-bond donors (Lipinski definition) is 9. The van der Waals surface area contributed by atoms with Gasteiger partial charge in [-0.1, -0.05) is 25.1 Å². The maximum Gasteiger partial charge on any atom is 0.242 e. The molecule has 1 fully saturated rings. The Hall–Kier alpha value is -5.60. The van der Waals surface area contributed by atoms with Crippen LogP contribution in [0.4, 0.5) is 0 Å². The molecular weight excluding hydrogens is 777 g/mol. The van der Waals surface area contributed by atoms with E-state index in [4.69, 9.17) is 38.1 Å². The number of aldehydes is 1. The molecule has 3 rings (SSSR count). The number of benzene rings is 1. The molecule has 0 saturated carbocycles. The van der Waals surface area contributed by atoms with Gasteiger partial charge >= 0.3 is 0 Å². The molecule has 0 radical (unpaired) electrons. The van der Waals surface area contributed by atoms with Gasteiger partial charge in [0.2, 0.25) is 23.6 Å². The number of carbonyl (C=O) groups is 6. The molecule has 1 aliphatic rings. The lowest BCUT2D eigenvalue weighted by atomic mass is 9.96. The largest absolute Gasteiger partial charge is 0.377 e. The summed E-state index contributed by atoms with van der Waals surface area (Å²) in [5, 5.41) is 9.72. The number of ether oxygens (including phenoxy) is 2. The molecule has 0 aliphatic carbocycles. The summed E-state index contributed by atoms with van der Waals surface area (Å²) in [5.74, 6) is -2.41. The lowest BCUT2D eigenvalue weighted by Gasteiger charge is -2.24. The molecule has 2 aromatic rings. The molecule has 1 aromatic carbocycles. The van der Waals surface area contributed by atoms with E-state index in [1.807, 2.05) is 6.07 Å². The summed E-state index contributed by atoms with van der Waals surface area (Å²) in [7, 11) is 0. The number of nitrogens with one attached hydrogen (secondary N) is 4. The van der Waals surface area contributed by atoms with E-state index in [-0.39, 0.29) is 87.8 Å². The minimum atomic E-state index is -0.635. The van der Waals surface area contributed by atoms with Crippen LogP contribution in [0.25, 0.3) is 10.9 Å². The van der Waals surface area contributed by atoms with E-state index in [9.17, 15) is 28.8 Å². The van der Waals surface area contributed by atoms with E-state index < -0.39 is 29.8 Å². The Bertz CT molecular complexity index is 1680. The normalized spacial score (nSPS) is 14.8. The van der Waals surface area contributed by atoms with Gasteiger partial charge in [0.1, 0.15) is 18.9 Å². The number of aromatic nitrogens is 1. The first-order valence-electron chi connectivity index (χ1n) is 20.3. The minimum Gasteiger partial charge on any atom is -0.377 e. The fourth-order valence-electron chi connectivity index (χ4n) is 6.42. The molecule has 0 spiro atoms. The number of aromatic amines is 1. The van der Waals surface area contributed by atoms with Crippen molar-refractivity contribution in [3.63, 3.8) is 0 Å². The predicted molar refractivity (Wildman–Crippen MR) is 229 cm³/mol. The minimum absolute atomic E-state index is 0.0157. The van der Waals surface area contributed by atoms with Gasteiger partial charge in [-0.3, -0.25) is 34.0 Å². The van der Waals surface area contributed by atoms with Gasteiger partial charge < -0.3 is 68.8 Å². The van der Waals surface area contributed by atoms with Crippen molar-refractivity contribution in [2.75, 3.05) is 65.7 Å². The molecule has 1 aromatic heterocycles. The van der Waals surface area contributed by atoms with E-state index in [1.54, 1.807) is 6.92 Å². The Morgan fingerprint density at radius 2 is 1.63 bits per heavy atom. The predicted octanol–water partition coefficient (Wildman–Crippen LogP) is -0.929. The molecule has 2 heterocycles. The Balaban J connectivity index is 0.00000106. The van der Waals surface area contributed by atoms with Gasteiger partial charge in [0.05, 0.1) is 32.4 Å². The Labute approximate surface area is 351 Å². The molecular formula is C40H66N12O8. The lowest BCUT2D eigenvalue weighted by molar-refractivity contribution is -0.139. The molecule has 0 bridgehead atoms. The summed E-state index contributed by atoms with van der Waals surface area (Å²) < 4.78 is 11.0. The van der Waals surface area contributed by atoms with Crippen LogP contribution in [-0.2, 0) is 38.2 Å². The van der Waals surface area contributed by atoms with Crippen molar-refractivity contribution >= 4 is 58.5 Å². The van der Waals surface area contributed by atoms with Gasteiger partial charge in [-0.05, 0) is 75.4 Å². The number of carbonyl (C=O) groups excluding carboxylic acids is 6. The second-order valence-electron chi connectivity index (χ2n) is 14.6. The molecule has 1 aliphatic heterocycles. The number of aliphatic imine (C=N–C) groups is 2. The number of aryl methyl sites for hydroxylation is 1. The van der Waals surface area contributed by atoms with Crippen LogP contribution in [0.5, 0.6) is 0 Å². The van der Waals surface area contributed by atoms with E-state index >= 15 is 0 Å². The first kappa shape index (κ1) is 50.5. The summed E-state index contributed by atoms with van der Waals surface area (Å²) in [5.41, 5.74) is 29.5. The Kier molecular flexibility index (Phi) is 24.2. The van der Waals surface area contributed by atoms with Crippen molar-refractivity contribution in [3.05, 3.63) is 36.0 Å². The lowest BCUT2D eigenvalue weighted by Crippen LogP contribution is -2.49. The van der Waals surface area contributed by atoms with Crippen LogP contribution >= 0.6 is 0 Å². The summed E-state index contributed by atoms with van der Waals surface area (Å²) in [6.45, 7) is 5.61. The van der Waals surface area contributed by atoms with E-state index in [0.717, 1.165) is 0 Å². The zero-order chi connectivity index (χ0) is 44.3. The van der Waals surface area contributed by atoms with E-state index in [1.165, 1.54) is 21.5 Å². The second-order valence-corrected chi connectivity index (χ2v) is 14.6. The van der Waals surface area contributed by atoms with Crippen LogP contribution in [0.3, 0.4) is 0 Å². The highest BCUT2D eigenvalue weighted by Crippen LogP contribution is 2.18. The van der Waals surface area contributed by atoms with Gasteiger partial charge in [-0.2, -0.15) is 0 Å². The molecule has 14 N–H and O–H groups in total. The molecule has 20 nitrogen and oxygen atoms in total. The fourth-order valence-corrected chi connectivity index (χ4v) is 6.42. The van der Waals surface area contributed by atoms with Gasteiger partial charge in [-0.25, -0.2) is 0 Å². The number of ketones is 1. The van der Waals surface area contributed by atoms with Crippen molar-refractivity contribution in [1.82, 2.24) is 25.8 Å². The standard InChI is InChI=1S/C31H57N11O8.C9H9N/c1-21(8-13-43)28(47)41-19-26(45)42-12-4-7-25(42)29(48)37-11-14-49-15-16-50-20-23(44)17-22(5-2-9-38-30(33)34)18-40-24(27(32)46)6-3-10-39-31(35)36;1-7-6-8-4-2-3-5-9(8)10-7/h13,21-22,24-25,40H,2-12,14-20H2,1H3,(H2,32,46)(H,37,48)(H,41,47)(H4,33,34,38)(H4,35,36,39);2-6,10H,1H3/t21-,22?,24+,25-;/m1./s1. The number of primary amides is 1. The first-order valence-corrected chi connectivity index (χ1v) is 20.3. The number of nitrogens with zero attached hydrogens (tertiary/aromatic N) is 3. The summed E-state index contributed by atoms with van der Waals surface area (Å²) in [6, 6.07) is 9.19. The zero-order valence-corrected chi connectivity index (χ0v) is 35.0. The van der Waals surface area contributed by atoms with Crippen molar-refractivity contribution in [2.45, 2.75) is 77.3 Å². The summed E-state index contributed by atoms with van der Waals surface area (Å²) in [6.07, 6.45) is 4.31. The third-order valence-electron chi connectivity index (χ3n) is 9.56. The molecule has 1 saturated heterocycles. The number of para-hydroxylation sites is 1. The fraction of sp³-hybridized carbons (Fsp3) is 0.600. The van der Waals surface area contributed by atoms with Crippen LogP contribution in [0.15, 0.2) is 40.3 Å². The number of rotatable bonds is 28. The average molecular weight is 843 g/mol. The maximum atomic E-state index is 12.7. The van der Waals surface area contributed by atoms with Gasteiger partial charge in [-0.15, -0.1) is 0 Å². The number of Topliss-reactive ketones (excluding diaryl/α,β-unsaturated/α-hetero) is 1. The highest BCUT2D eigenvalue weighted by molar-refractivity contribution is 5.91. The smallest absolute Gasteiger partial charge is 0.242 e. The zero-order valence-electron chi connectivity index (χ0n) is 35.0. The number of likely N-dealkylation sites (tertiary alicyclic amines) is 1. The average Bonchev–Trinajstić information content (AvgIpc) is 3.85. The van der Waals surface area contributed by atoms with Gasteiger partial charge in [0.25, 0.3) is 0 Å². The maximum absolute atomic E-state index is 12.7. The number of fused-ring (bicyclic) bond motifs is 1. The van der Waals surface area contributed by atoms with Crippen molar-refractivity contribution in [1.29, 1.82) is 0 Å². The SMILES string of the molecule is C[C@H](CC=O)C(=O)NCC(=O)N1CCC[C@@H]1C(=O)NCCOCCOCC(=O)CC(CCCN=C(N)N)CN[C@@H](CCCN=C(N)N)C(N)=O.Cc1cc2ccccc2[nH]1. The van der Waals surface area contributed by atoms with Gasteiger partial charge in [0, 0.05) is 56.1 Å². The third-order valence-corrected chi connectivity index (χ3v) is 9.56. The Morgan fingerprint density at radius 1 is 0.950 bits per heavy atom. The van der Waals surface area contributed by atoms with Crippen molar-refractivity contribution in [2.24, 2.45) is 50.5 Å². The van der Waals surface area contributed by atoms with Crippen LogP contribution in [0.1, 0.15) is 64.0 Å². The van der Waals surface area contributed by atoms with E-state index in [2.05, 4.69) is 62.1 Å². The monoisotopic (exact) mass is 843 g/mol. The first-order chi connectivity index (χ1) is 28.7. The number of amides is 4. The third kappa shape index (κ3) is 20.9. The van der Waals surface area contributed by atoms with Crippen LogP contribution < -0.4 is 44.6 Å². The molecule has 334 valence electrons. The molecule has 20 heteroatoms. The van der Waals surface area contributed by atoms with Crippen LogP contribution in [-0.4, -0.2) is 135 Å². The molecule has 1 unspecified atom stereocenters. The number of H-pyrrole nitrogens is 1. The number of nitrogens with two attached hydrogens (primary N) is 5. The molecule has 4 amide bonds. The van der Waals surface area contributed by atoms with Crippen molar-refractivity contribution in [3.8, 4) is 0 Å². The Morgan fingerprint density at radius 3 is 2.30 bits per heavy atom. The van der Waals surface area contributed by atoms with Crippen LogP contribution in [0.2, 0.25) is 0 Å². The number of guanidine groups is 2. The quantitative estimate of drug-likeness (QED) is 0.0217. The number of hydrogen-bond acceptors (Lipinski definition) is 11.